The van der Waals surface area contributed by atoms with Gasteiger partial charge in [-0.25, -0.2) is 0 Å². The molecule has 0 spiro atoms. The van der Waals surface area contributed by atoms with Crippen molar-refractivity contribution in [3.8, 4) is 0 Å². The molecule has 0 aromatic carbocycles. The van der Waals surface area contributed by atoms with Crippen LogP contribution in [0.2, 0.25) is 0 Å². The van der Waals surface area contributed by atoms with Crippen LogP contribution < -0.4 is 0 Å². The van der Waals surface area contributed by atoms with Crippen molar-refractivity contribution in [2.24, 2.45) is 11.3 Å². The lowest BCUT2D eigenvalue weighted by atomic mass is 10.0. The lowest BCUT2D eigenvalue weighted by Crippen LogP contribution is -2.42. The lowest BCUT2D eigenvalue weighted by molar-refractivity contribution is -0.153. The van der Waals surface area contributed by atoms with Crippen molar-refractivity contribution in [2.75, 3.05) is 13.1 Å². The first-order valence-electron chi connectivity index (χ1n) is 6.09. The van der Waals surface area contributed by atoms with E-state index in [0.29, 0.717) is 18.8 Å². The van der Waals surface area contributed by atoms with Gasteiger partial charge in [-0.05, 0) is 31.6 Å². The molecule has 16 heavy (non-hydrogen) atoms. The lowest BCUT2D eigenvalue weighted by Gasteiger charge is -2.25. The third kappa shape index (κ3) is 1.93. The minimum Gasteiger partial charge on any atom is -0.480 e. The van der Waals surface area contributed by atoms with Gasteiger partial charge in [-0.2, -0.15) is 0 Å². The minimum absolute atomic E-state index is 0.145. The number of hydrogen-bond donors (Lipinski definition) is 1. The fourth-order valence-electron chi connectivity index (χ4n) is 2.49. The summed E-state index contributed by atoms with van der Waals surface area (Å²) in [5.41, 5.74) is -1.05. The summed E-state index contributed by atoms with van der Waals surface area (Å²) < 4.78 is 0. The summed E-state index contributed by atoms with van der Waals surface area (Å²) in [5, 5.41) is 9.09. The molecule has 90 valence electrons. The maximum Gasteiger partial charge on any atom is 0.319 e. The molecule has 4 nitrogen and oxygen atoms in total. The van der Waals surface area contributed by atoms with E-state index in [-0.39, 0.29) is 5.91 Å². The van der Waals surface area contributed by atoms with E-state index in [9.17, 15) is 9.59 Å². The zero-order chi connectivity index (χ0) is 11.8. The molecule has 4 heteroatoms. The predicted octanol–water partition coefficient (Wildman–Crippen LogP) is 1.50. The van der Waals surface area contributed by atoms with E-state index in [1.54, 1.807) is 4.90 Å². The van der Waals surface area contributed by atoms with Gasteiger partial charge in [-0.3, -0.25) is 9.59 Å². The minimum atomic E-state index is -1.05. The molecular weight excluding hydrogens is 206 g/mol. The van der Waals surface area contributed by atoms with Gasteiger partial charge in [0, 0.05) is 13.1 Å². The number of carbonyl (C=O) groups excluding carboxylic acids is 1. The molecule has 2 aliphatic rings. The maximum absolute atomic E-state index is 12.2. The second-order valence-electron chi connectivity index (χ2n) is 5.24. The number of nitrogens with zero attached hydrogens (tertiary/aromatic N) is 1. The maximum atomic E-state index is 12.2. The number of rotatable bonds is 2. The fraction of sp³-hybridized carbons (Fsp3) is 0.833. The van der Waals surface area contributed by atoms with E-state index in [4.69, 9.17) is 5.11 Å². The second kappa shape index (κ2) is 4.07. The smallest absolute Gasteiger partial charge is 0.319 e. The van der Waals surface area contributed by atoms with Gasteiger partial charge in [0.2, 0.25) is 5.91 Å². The predicted molar refractivity (Wildman–Crippen MR) is 58.9 cm³/mol. The third-order valence-electron chi connectivity index (χ3n) is 3.76. The summed E-state index contributed by atoms with van der Waals surface area (Å²) in [5.74, 6) is -0.584. The Morgan fingerprint density at radius 2 is 2.00 bits per heavy atom. The number of carbonyl (C=O) groups is 2. The van der Waals surface area contributed by atoms with E-state index in [1.807, 2.05) is 0 Å². The molecule has 1 heterocycles. The third-order valence-corrected chi connectivity index (χ3v) is 3.76. The summed E-state index contributed by atoms with van der Waals surface area (Å²) >= 11 is 0. The molecular formula is C12H19NO3. The number of carboxylic acids is 1. The molecule has 1 N–H and O–H groups in total. The Morgan fingerprint density at radius 1 is 1.31 bits per heavy atom. The van der Waals surface area contributed by atoms with E-state index >= 15 is 0 Å². The number of amides is 1. The van der Waals surface area contributed by atoms with E-state index in [0.717, 1.165) is 32.4 Å². The van der Waals surface area contributed by atoms with Crippen LogP contribution in [0.4, 0.5) is 0 Å². The van der Waals surface area contributed by atoms with Gasteiger partial charge in [0.1, 0.15) is 5.41 Å². The van der Waals surface area contributed by atoms with Crippen LogP contribution >= 0.6 is 0 Å². The Hall–Kier alpha value is -1.06. The van der Waals surface area contributed by atoms with Crippen LogP contribution in [0.5, 0.6) is 0 Å². The van der Waals surface area contributed by atoms with Gasteiger partial charge < -0.3 is 10.0 Å². The van der Waals surface area contributed by atoms with Gasteiger partial charge in [-0.1, -0.05) is 13.3 Å². The topological polar surface area (TPSA) is 57.6 Å². The van der Waals surface area contributed by atoms with Crippen LogP contribution in [0.3, 0.4) is 0 Å². The first-order chi connectivity index (χ1) is 7.56. The Morgan fingerprint density at radius 3 is 2.56 bits per heavy atom. The molecule has 0 radical (unpaired) electrons. The van der Waals surface area contributed by atoms with Crippen molar-refractivity contribution in [3.63, 3.8) is 0 Å². The van der Waals surface area contributed by atoms with Crippen molar-refractivity contribution < 1.29 is 14.7 Å². The monoisotopic (exact) mass is 225 g/mol. The summed E-state index contributed by atoms with van der Waals surface area (Å²) in [4.78, 5) is 25.0. The van der Waals surface area contributed by atoms with E-state index in [2.05, 4.69) is 6.92 Å². The molecule has 2 fully saturated rings. The average molecular weight is 225 g/mol. The summed E-state index contributed by atoms with van der Waals surface area (Å²) in [6, 6.07) is 0. The summed E-state index contributed by atoms with van der Waals surface area (Å²) in [6.45, 7) is 3.60. The molecule has 1 saturated heterocycles. The molecule has 1 unspecified atom stereocenters. The second-order valence-corrected chi connectivity index (χ2v) is 5.24. The first-order valence-corrected chi connectivity index (χ1v) is 6.09. The normalized spacial score (nSPS) is 28.3. The molecule has 1 amide bonds. The highest BCUT2D eigenvalue weighted by atomic mass is 16.4. The highest BCUT2D eigenvalue weighted by molar-refractivity contribution is 6.04. The number of carboxylic acid groups (broad SMARTS) is 1. The van der Waals surface area contributed by atoms with Gasteiger partial charge in [-0.15, -0.1) is 0 Å². The average Bonchev–Trinajstić information content (AvgIpc) is 3.01. The van der Waals surface area contributed by atoms with Gasteiger partial charge in [0.05, 0.1) is 0 Å². The molecule has 0 bridgehead atoms. The van der Waals surface area contributed by atoms with Gasteiger partial charge in [0.25, 0.3) is 0 Å². The SMILES string of the molecule is CC1CCCCN(C(=O)C2(C(=O)O)CC2)C1. The van der Waals surface area contributed by atoms with Crippen LogP contribution in [-0.4, -0.2) is 35.0 Å². The quantitative estimate of drug-likeness (QED) is 0.724. The fourth-order valence-corrected chi connectivity index (χ4v) is 2.49. The number of aliphatic carboxylic acids is 1. The highest BCUT2D eigenvalue weighted by Crippen LogP contribution is 2.47. The van der Waals surface area contributed by atoms with Crippen molar-refractivity contribution in [1.82, 2.24) is 4.90 Å². The molecule has 1 saturated carbocycles. The zero-order valence-corrected chi connectivity index (χ0v) is 9.74. The molecule has 0 aromatic heterocycles. The standard InChI is InChI=1S/C12H19NO3/c1-9-4-2-3-7-13(8-9)10(14)12(5-6-12)11(15)16/h9H,2-8H2,1H3,(H,15,16). The number of likely N-dealkylation sites (tertiary alicyclic amines) is 1. The Bertz CT molecular complexity index is 309. The summed E-state index contributed by atoms with van der Waals surface area (Å²) in [6.07, 6.45) is 4.33. The van der Waals surface area contributed by atoms with Crippen LogP contribution in [-0.2, 0) is 9.59 Å². The van der Waals surface area contributed by atoms with Crippen LogP contribution in [0.1, 0.15) is 39.0 Å². The summed E-state index contributed by atoms with van der Waals surface area (Å²) in [7, 11) is 0. The number of hydrogen-bond acceptors (Lipinski definition) is 2. The van der Waals surface area contributed by atoms with Crippen molar-refractivity contribution in [3.05, 3.63) is 0 Å². The molecule has 0 aromatic rings. The zero-order valence-electron chi connectivity index (χ0n) is 9.74. The van der Waals surface area contributed by atoms with E-state index in [1.165, 1.54) is 0 Å². The van der Waals surface area contributed by atoms with E-state index < -0.39 is 11.4 Å². The molecule has 1 aliphatic carbocycles. The Labute approximate surface area is 95.6 Å². The molecule has 1 atom stereocenters. The van der Waals surface area contributed by atoms with Crippen molar-refractivity contribution in [2.45, 2.75) is 39.0 Å². The largest absolute Gasteiger partial charge is 0.480 e. The first kappa shape index (κ1) is 11.4. The molecule has 2 rings (SSSR count). The highest BCUT2D eigenvalue weighted by Gasteiger charge is 2.58. The van der Waals surface area contributed by atoms with Gasteiger partial charge in [0.15, 0.2) is 0 Å². The van der Waals surface area contributed by atoms with Crippen molar-refractivity contribution >= 4 is 11.9 Å². The van der Waals surface area contributed by atoms with Crippen LogP contribution in [0, 0.1) is 11.3 Å². The van der Waals surface area contributed by atoms with Crippen LogP contribution in [0.25, 0.3) is 0 Å². The van der Waals surface area contributed by atoms with Gasteiger partial charge >= 0.3 is 5.97 Å². The van der Waals surface area contributed by atoms with Crippen LogP contribution in [0.15, 0.2) is 0 Å². The Balaban J connectivity index is 2.06. The van der Waals surface area contributed by atoms with Crippen molar-refractivity contribution in [1.29, 1.82) is 0 Å². The molecule has 1 aliphatic heterocycles. The Kier molecular flexibility index (Phi) is 2.91.